The lowest BCUT2D eigenvalue weighted by molar-refractivity contribution is 0.230. The molecule has 3 rings (SSSR count). The molecule has 1 aromatic heterocycles. The summed E-state index contributed by atoms with van der Waals surface area (Å²) < 4.78 is 0. The molecule has 5 heteroatoms. The van der Waals surface area contributed by atoms with Crippen LogP contribution in [-0.4, -0.2) is 53.6 Å². The van der Waals surface area contributed by atoms with Crippen molar-refractivity contribution in [2.75, 3.05) is 42.9 Å². The van der Waals surface area contributed by atoms with E-state index >= 15 is 0 Å². The van der Waals surface area contributed by atoms with Gasteiger partial charge in [-0.2, -0.15) is 0 Å². The summed E-state index contributed by atoms with van der Waals surface area (Å²) in [6, 6.07) is 0.727. The number of piperazine rings is 1. The Balaban J connectivity index is 1.76. The van der Waals surface area contributed by atoms with Gasteiger partial charge in [-0.05, 0) is 32.7 Å². The predicted octanol–water partition coefficient (Wildman–Crippen LogP) is 1.89. The highest BCUT2D eigenvalue weighted by Crippen LogP contribution is 2.28. The third-order valence-corrected chi connectivity index (χ3v) is 4.49. The number of anilines is 2. The van der Waals surface area contributed by atoms with Crippen LogP contribution in [0.4, 0.5) is 11.6 Å². The zero-order valence-corrected chi connectivity index (χ0v) is 12.6. The van der Waals surface area contributed by atoms with Crippen molar-refractivity contribution < 1.29 is 0 Å². The van der Waals surface area contributed by atoms with Crippen LogP contribution in [0.25, 0.3) is 0 Å². The van der Waals surface area contributed by atoms with E-state index in [1.807, 2.05) is 0 Å². The number of nitrogens with zero attached hydrogens (tertiary/aromatic N) is 4. The van der Waals surface area contributed by atoms with Crippen LogP contribution in [0.2, 0.25) is 0 Å². The summed E-state index contributed by atoms with van der Waals surface area (Å²) >= 11 is 0. The highest BCUT2D eigenvalue weighted by molar-refractivity contribution is 5.58. The molecule has 2 saturated heterocycles. The number of hydrogen-bond acceptors (Lipinski definition) is 5. The zero-order valence-electron chi connectivity index (χ0n) is 12.6. The Bertz CT molecular complexity index is 462. The summed E-state index contributed by atoms with van der Waals surface area (Å²) in [5, 5.41) is 3.40. The van der Waals surface area contributed by atoms with Crippen molar-refractivity contribution in [1.29, 1.82) is 0 Å². The molecule has 5 nitrogen and oxygen atoms in total. The first-order valence-corrected chi connectivity index (χ1v) is 7.84. The monoisotopic (exact) mass is 275 g/mol. The molecule has 2 aliphatic heterocycles. The summed E-state index contributed by atoms with van der Waals surface area (Å²) in [6.45, 7) is 9.93. The first kappa shape index (κ1) is 13.6. The topological polar surface area (TPSA) is 44.3 Å². The van der Waals surface area contributed by atoms with E-state index in [2.05, 4.69) is 38.9 Å². The molecule has 110 valence electrons. The molecule has 1 N–H and O–H groups in total. The van der Waals surface area contributed by atoms with Crippen molar-refractivity contribution in [1.82, 2.24) is 14.9 Å². The molecule has 1 unspecified atom stereocenters. The smallest absolute Gasteiger partial charge is 0.137 e. The number of fused-ring (bicyclic) bond motifs is 1. The molecule has 3 heterocycles. The fourth-order valence-corrected chi connectivity index (χ4v) is 3.36. The molecule has 0 saturated carbocycles. The normalized spacial score (nSPS) is 22.9. The molecule has 0 bridgehead atoms. The lowest BCUT2D eigenvalue weighted by atomic mass is 10.1. The Morgan fingerprint density at radius 3 is 3.05 bits per heavy atom. The van der Waals surface area contributed by atoms with Crippen LogP contribution >= 0.6 is 0 Å². The number of nitrogens with one attached hydrogen (secondary N) is 1. The van der Waals surface area contributed by atoms with Gasteiger partial charge in [-0.15, -0.1) is 0 Å². The van der Waals surface area contributed by atoms with E-state index in [0.29, 0.717) is 0 Å². The average molecular weight is 275 g/mol. The SMILES string of the molecule is CCCNc1ncnc(N2CCN3CCCC3C2)c1C. The van der Waals surface area contributed by atoms with Crippen molar-refractivity contribution in [3.63, 3.8) is 0 Å². The average Bonchev–Trinajstić information content (AvgIpc) is 2.93. The second-order valence-electron chi connectivity index (χ2n) is 5.88. The third-order valence-electron chi connectivity index (χ3n) is 4.49. The Morgan fingerprint density at radius 2 is 2.20 bits per heavy atom. The second-order valence-corrected chi connectivity index (χ2v) is 5.88. The van der Waals surface area contributed by atoms with Gasteiger partial charge in [0.25, 0.3) is 0 Å². The lowest BCUT2D eigenvalue weighted by Crippen LogP contribution is -2.50. The molecule has 1 aromatic rings. The fourth-order valence-electron chi connectivity index (χ4n) is 3.36. The molecule has 1 atom stereocenters. The quantitative estimate of drug-likeness (QED) is 0.909. The predicted molar refractivity (Wildman–Crippen MR) is 82.4 cm³/mol. The molecule has 2 fully saturated rings. The summed E-state index contributed by atoms with van der Waals surface area (Å²) in [5.41, 5.74) is 1.19. The van der Waals surface area contributed by atoms with Gasteiger partial charge < -0.3 is 10.2 Å². The summed E-state index contributed by atoms with van der Waals surface area (Å²) in [7, 11) is 0. The van der Waals surface area contributed by atoms with Crippen LogP contribution in [0.3, 0.4) is 0 Å². The zero-order chi connectivity index (χ0) is 13.9. The molecule has 2 aliphatic rings. The van der Waals surface area contributed by atoms with Crippen LogP contribution < -0.4 is 10.2 Å². The molecule has 0 spiro atoms. The van der Waals surface area contributed by atoms with Gasteiger partial charge in [0.05, 0.1) is 0 Å². The fraction of sp³-hybridized carbons (Fsp3) is 0.733. The van der Waals surface area contributed by atoms with Gasteiger partial charge in [0.2, 0.25) is 0 Å². The maximum absolute atomic E-state index is 4.54. The molecular formula is C15H25N5. The first-order valence-electron chi connectivity index (χ1n) is 7.84. The van der Waals surface area contributed by atoms with Crippen LogP contribution in [0.5, 0.6) is 0 Å². The van der Waals surface area contributed by atoms with Gasteiger partial charge in [-0.25, -0.2) is 9.97 Å². The minimum atomic E-state index is 0.727. The number of aromatic nitrogens is 2. The van der Waals surface area contributed by atoms with E-state index in [-0.39, 0.29) is 0 Å². The van der Waals surface area contributed by atoms with Crippen molar-refractivity contribution in [2.24, 2.45) is 0 Å². The van der Waals surface area contributed by atoms with E-state index in [0.717, 1.165) is 43.7 Å². The van der Waals surface area contributed by atoms with Gasteiger partial charge in [0.1, 0.15) is 18.0 Å². The van der Waals surface area contributed by atoms with Crippen molar-refractivity contribution in [3.05, 3.63) is 11.9 Å². The molecule has 0 amide bonds. The van der Waals surface area contributed by atoms with Crippen LogP contribution in [0.1, 0.15) is 31.7 Å². The Morgan fingerprint density at radius 1 is 1.30 bits per heavy atom. The Labute approximate surface area is 121 Å². The van der Waals surface area contributed by atoms with Crippen LogP contribution in [0, 0.1) is 6.92 Å². The highest BCUT2D eigenvalue weighted by atomic mass is 15.3. The highest BCUT2D eigenvalue weighted by Gasteiger charge is 2.31. The van der Waals surface area contributed by atoms with Gasteiger partial charge in [-0.1, -0.05) is 6.92 Å². The maximum atomic E-state index is 4.54. The van der Waals surface area contributed by atoms with E-state index < -0.39 is 0 Å². The number of rotatable bonds is 4. The molecule has 0 aromatic carbocycles. The Kier molecular flexibility index (Phi) is 4.05. The van der Waals surface area contributed by atoms with E-state index in [4.69, 9.17) is 0 Å². The van der Waals surface area contributed by atoms with Gasteiger partial charge >= 0.3 is 0 Å². The molecule has 20 heavy (non-hydrogen) atoms. The van der Waals surface area contributed by atoms with Gasteiger partial charge in [0.15, 0.2) is 0 Å². The largest absolute Gasteiger partial charge is 0.370 e. The van der Waals surface area contributed by atoms with E-state index in [1.54, 1.807) is 6.33 Å². The van der Waals surface area contributed by atoms with Crippen molar-refractivity contribution in [2.45, 2.75) is 39.2 Å². The maximum Gasteiger partial charge on any atom is 0.137 e. The summed E-state index contributed by atoms with van der Waals surface area (Å²) in [5.74, 6) is 2.11. The van der Waals surface area contributed by atoms with E-state index in [9.17, 15) is 0 Å². The minimum Gasteiger partial charge on any atom is -0.370 e. The molecule has 0 radical (unpaired) electrons. The summed E-state index contributed by atoms with van der Waals surface area (Å²) in [6.07, 6.45) is 5.49. The standard InChI is InChI=1S/C15H25N5/c1-3-6-16-14-12(2)15(18-11-17-14)20-9-8-19-7-4-5-13(19)10-20/h11,13H,3-10H2,1-2H3,(H,16,17,18). The summed E-state index contributed by atoms with van der Waals surface area (Å²) in [4.78, 5) is 14.0. The number of hydrogen-bond donors (Lipinski definition) is 1. The van der Waals surface area contributed by atoms with Gasteiger partial charge in [-0.3, -0.25) is 4.90 Å². The van der Waals surface area contributed by atoms with Crippen molar-refractivity contribution >= 4 is 11.6 Å². The van der Waals surface area contributed by atoms with Crippen LogP contribution in [-0.2, 0) is 0 Å². The van der Waals surface area contributed by atoms with E-state index in [1.165, 1.54) is 31.5 Å². The van der Waals surface area contributed by atoms with Crippen LogP contribution in [0.15, 0.2) is 6.33 Å². The van der Waals surface area contributed by atoms with Gasteiger partial charge in [0, 0.05) is 37.8 Å². The second kappa shape index (κ2) is 5.95. The Hall–Kier alpha value is -1.36. The lowest BCUT2D eigenvalue weighted by Gasteiger charge is -2.38. The third kappa shape index (κ3) is 2.59. The molecular weight excluding hydrogens is 250 g/mol. The molecule has 0 aliphatic carbocycles. The minimum absolute atomic E-state index is 0.727. The first-order chi connectivity index (χ1) is 9.79. The van der Waals surface area contributed by atoms with Crippen molar-refractivity contribution in [3.8, 4) is 0 Å².